The predicted octanol–water partition coefficient (Wildman–Crippen LogP) is 1.08. The fraction of sp³-hybridized carbons (Fsp3) is 0.333. The Morgan fingerprint density at radius 1 is 1.37 bits per heavy atom. The van der Waals surface area contributed by atoms with Crippen molar-refractivity contribution in [2.24, 2.45) is 10.9 Å². The van der Waals surface area contributed by atoms with Gasteiger partial charge in [-0.2, -0.15) is 5.10 Å². The van der Waals surface area contributed by atoms with Crippen LogP contribution in [0.25, 0.3) is 6.08 Å². The van der Waals surface area contributed by atoms with Gasteiger partial charge in [0.2, 0.25) is 5.72 Å². The molecule has 2 bridgehead atoms. The zero-order valence-electron chi connectivity index (χ0n) is 16.7. The van der Waals surface area contributed by atoms with Crippen LogP contribution in [0, 0.1) is 5.92 Å². The van der Waals surface area contributed by atoms with Crippen LogP contribution in [0.4, 0.5) is 0 Å². The van der Waals surface area contributed by atoms with E-state index < -0.39 is 23.7 Å². The molecule has 0 saturated carbocycles. The standard InChI is InChI=1S/C21H20N4O4S/c1-4-24-10-9-12(23-24)11-15-18(26)25-17-13-7-5-6-8-14(13)29-21(2,22-20(25)30-15)16(17)19(27)28-3/h5-11,16-17H,4H2,1-3H3/b15-11+/t16-,17+,21+/m0/s1. The minimum Gasteiger partial charge on any atom is -0.469 e. The Kier molecular flexibility index (Phi) is 4.18. The van der Waals surface area contributed by atoms with Crippen LogP contribution < -0.4 is 19.6 Å². The van der Waals surface area contributed by atoms with E-state index in [9.17, 15) is 9.59 Å². The number of methoxy groups -OCH3 is 1. The molecule has 3 aromatic rings. The first-order valence-electron chi connectivity index (χ1n) is 9.67. The van der Waals surface area contributed by atoms with Crippen molar-refractivity contribution in [1.82, 2.24) is 14.3 Å². The summed E-state index contributed by atoms with van der Waals surface area (Å²) in [6, 6.07) is 8.73. The van der Waals surface area contributed by atoms with Gasteiger partial charge in [0.05, 0.1) is 23.4 Å². The summed E-state index contributed by atoms with van der Waals surface area (Å²) < 4.78 is 15.1. The van der Waals surface area contributed by atoms with Crippen LogP contribution in [0.3, 0.4) is 0 Å². The Balaban J connectivity index is 1.77. The van der Waals surface area contributed by atoms with Crippen LogP contribution in [-0.4, -0.2) is 33.2 Å². The molecule has 1 aromatic carbocycles. The smallest absolute Gasteiger partial charge is 0.317 e. The van der Waals surface area contributed by atoms with Gasteiger partial charge in [-0.05, 0) is 32.1 Å². The van der Waals surface area contributed by atoms with Gasteiger partial charge in [-0.1, -0.05) is 29.5 Å². The maximum absolute atomic E-state index is 13.4. The molecule has 0 aliphatic carbocycles. The van der Waals surface area contributed by atoms with Crippen LogP contribution in [0.5, 0.6) is 5.75 Å². The first-order chi connectivity index (χ1) is 14.4. The number of aromatic nitrogens is 3. The number of hydrogen-bond acceptors (Lipinski definition) is 7. The van der Waals surface area contributed by atoms with E-state index in [1.54, 1.807) is 22.2 Å². The summed E-state index contributed by atoms with van der Waals surface area (Å²) in [6.07, 6.45) is 3.62. The lowest BCUT2D eigenvalue weighted by Gasteiger charge is -2.44. The summed E-state index contributed by atoms with van der Waals surface area (Å²) in [7, 11) is 1.34. The van der Waals surface area contributed by atoms with E-state index in [1.165, 1.54) is 18.4 Å². The number of ether oxygens (including phenoxy) is 2. The molecular weight excluding hydrogens is 404 g/mol. The van der Waals surface area contributed by atoms with Crippen molar-refractivity contribution in [3.8, 4) is 5.75 Å². The first kappa shape index (κ1) is 18.8. The Hall–Kier alpha value is -3.20. The molecule has 154 valence electrons. The lowest BCUT2D eigenvalue weighted by atomic mass is 9.81. The summed E-state index contributed by atoms with van der Waals surface area (Å²) in [5.74, 6) is -0.619. The second kappa shape index (κ2) is 6.66. The average molecular weight is 424 g/mol. The quantitative estimate of drug-likeness (QED) is 0.587. The van der Waals surface area contributed by atoms with E-state index in [4.69, 9.17) is 14.5 Å². The SMILES string of the molecule is CCn1ccc(/C=c2/sc3n(c2=O)[C@@H]2c4ccccc4O[C@@](C)(N=3)[C@@H]2C(=O)OC)n1. The summed E-state index contributed by atoms with van der Waals surface area (Å²) in [4.78, 5) is 31.4. The van der Waals surface area contributed by atoms with E-state index >= 15 is 0 Å². The number of fused-ring (bicyclic) bond motifs is 6. The highest BCUT2D eigenvalue weighted by Gasteiger charge is 2.55. The fourth-order valence-electron chi connectivity index (χ4n) is 4.20. The second-order valence-corrected chi connectivity index (χ2v) is 8.43. The topological polar surface area (TPSA) is 87.7 Å². The minimum atomic E-state index is -1.16. The number of esters is 1. The van der Waals surface area contributed by atoms with Crippen molar-refractivity contribution in [1.29, 1.82) is 0 Å². The van der Waals surface area contributed by atoms with Crippen molar-refractivity contribution < 1.29 is 14.3 Å². The van der Waals surface area contributed by atoms with E-state index in [1.807, 2.05) is 43.5 Å². The molecule has 0 radical (unpaired) electrons. The number of nitrogens with zero attached hydrogens (tertiary/aromatic N) is 4. The van der Waals surface area contributed by atoms with Gasteiger partial charge in [0.1, 0.15) is 11.7 Å². The van der Waals surface area contributed by atoms with Gasteiger partial charge in [-0.3, -0.25) is 18.8 Å². The van der Waals surface area contributed by atoms with Crippen LogP contribution >= 0.6 is 11.3 Å². The zero-order chi connectivity index (χ0) is 21.0. The molecule has 30 heavy (non-hydrogen) atoms. The van der Waals surface area contributed by atoms with Gasteiger partial charge in [-0.15, -0.1) is 0 Å². The van der Waals surface area contributed by atoms with Gasteiger partial charge in [0.25, 0.3) is 5.56 Å². The molecular formula is C21H20N4O4S. The average Bonchev–Trinajstić information content (AvgIpc) is 3.30. The Labute approximate surface area is 175 Å². The molecule has 0 saturated heterocycles. The third-order valence-electron chi connectivity index (χ3n) is 5.60. The number of thiazole rings is 1. The molecule has 0 spiro atoms. The summed E-state index contributed by atoms with van der Waals surface area (Å²) in [5, 5.41) is 4.43. The number of carbonyl (C=O) groups is 1. The van der Waals surface area contributed by atoms with Crippen molar-refractivity contribution in [2.45, 2.75) is 32.2 Å². The summed E-state index contributed by atoms with van der Waals surface area (Å²) in [6.45, 7) is 4.51. The Morgan fingerprint density at radius 3 is 2.90 bits per heavy atom. The van der Waals surface area contributed by atoms with Gasteiger partial charge < -0.3 is 9.47 Å². The van der Waals surface area contributed by atoms with Crippen molar-refractivity contribution in [3.05, 3.63) is 67.5 Å². The van der Waals surface area contributed by atoms with Gasteiger partial charge in [-0.25, -0.2) is 4.99 Å². The maximum atomic E-state index is 13.4. The number of rotatable bonds is 3. The highest BCUT2D eigenvalue weighted by molar-refractivity contribution is 7.07. The number of hydrogen-bond donors (Lipinski definition) is 0. The van der Waals surface area contributed by atoms with E-state index in [2.05, 4.69) is 5.10 Å². The molecule has 3 atom stereocenters. The molecule has 2 aliphatic heterocycles. The number of para-hydroxylation sites is 1. The van der Waals surface area contributed by atoms with Crippen LogP contribution in [0.15, 0.2) is 46.3 Å². The number of aryl methyl sites for hydroxylation is 1. The minimum absolute atomic E-state index is 0.206. The van der Waals surface area contributed by atoms with E-state index in [0.717, 1.165) is 12.1 Å². The lowest BCUT2D eigenvalue weighted by Crippen LogP contribution is -2.58. The van der Waals surface area contributed by atoms with Crippen LogP contribution in [-0.2, 0) is 16.1 Å². The number of carbonyl (C=O) groups excluding carboxylic acids is 1. The first-order valence-corrected chi connectivity index (χ1v) is 10.5. The molecule has 0 unspecified atom stereocenters. The predicted molar refractivity (Wildman–Crippen MR) is 110 cm³/mol. The van der Waals surface area contributed by atoms with Gasteiger partial charge in [0, 0.05) is 18.3 Å². The van der Waals surface area contributed by atoms with Gasteiger partial charge >= 0.3 is 5.97 Å². The lowest BCUT2D eigenvalue weighted by molar-refractivity contribution is -0.158. The van der Waals surface area contributed by atoms with Crippen molar-refractivity contribution in [3.63, 3.8) is 0 Å². The maximum Gasteiger partial charge on any atom is 0.317 e. The molecule has 2 aromatic heterocycles. The molecule has 8 nitrogen and oxygen atoms in total. The Morgan fingerprint density at radius 2 is 2.17 bits per heavy atom. The second-order valence-electron chi connectivity index (χ2n) is 7.42. The fourth-order valence-corrected chi connectivity index (χ4v) is 5.28. The monoisotopic (exact) mass is 424 g/mol. The molecule has 9 heteroatoms. The third kappa shape index (κ3) is 2.65. The molecule has 0 amide bonds. The normalized spacial score (nSPS) is 24.4. The Bertz CT molecular complexity index is 1340. The molecule has 0 fully saturated rings. The van der Waals surface area contributed by atoms with E-state index in [-0.39, 0.29) is 5.56 Å². The number of benzene rings is 1. The van der Waals surface area contributed by atoms with Crippen LogP contribution in [0.2, 0.25) is 0 Å². The van der Waals surface area contributed by atoms with Crippen LogP contribution in [0.1, 0.15) is 31.1 Å². The summed E-state index contributed by atoms with van der Waals surface area (Å²) >= 11 is 1.27. The molecule has 4 heterocycles. The van der Waals surface area contributed by atoms with Crippen molar-refractivity contribution >= 4 is 23.4 Å². The largest absolute Gasteiger partial charge is 0.469 e. The van der Waals surface area contributed by atoms with Crippen molar-refractivity contribution in [2.75, 3.05) is 7.11 Å². The highest BCUT2D eigenvalue weighted by Crippen LogP contribution is 2.47. The zero-order valence-corrected chi connectivity index (χ0v) is 17.5. The molecule has 0 N–H and O–H groups in total. The highest BCUT2D eigenvalue weighted by atomic mass is 32.1. The summed E-state index contributed by atoms with van der Waals surface area (Å²) in [5.41, 5.74) is 0.0963. The third-order valence-corrected chi connectivity index (χ3v) is 6.58. The molecule has 5 rings (SSSR count). The van der Waals surface area contributed by atoms with E-state index in [0.29, 0.717) is 20.8 Å². The molecule has 2 aliphatic rings. The van der Waals surface area contributed by atoms with Gasteiger partial charge in [0.15, 0.2) is 4.80 Å².